The van der Waals surface area contributed by atoms with Gasteiger partial charge >= 0.3 is 0 Å². The molecule has 0 radical (unpaired) electrons. The van der Waals surface area contributed by atoms with Crippen LogP contribution in [0.15, 0.2) is 72.8 Å². The second-order valence-corrected chi connectivity index (χ2v) is 8.46. The van der Waals surface area contributed by atoms with Crippen molar-refractivity contribution < 1.29 is 14.6 Å². The van der Waals surface area contributed by atoms with Crippen LogP contribution in [-0.2, 0) is 19.6 Å². The van der Waals surface area contributed by atoms with Crippen LogP contribution in [0.25, 0.3) is 0 Å². The maximum atomic E-state index is 11.0. The Bertz CT molecular complexity index is 973. The Morgan fingerprint density at radius 1 is 0.871 bits per heavy atom. The monoisotopic (exact) mass is 417 g/mol. The van der Waals surface area contributed by atoms with E-state index in [-0.39, 0.29) is 6.04 Å². The smallest absolute Gasteiger partial charge is 0.162 e. The van der Waals surface area contributed by atoms with E-state index in [1.54, 1.807) is 0 Å². The summed E-state index contributed by atoms with van der Waals surface area (Å²) in [5.74, 6) is 1.39. The molecule has 4 heteroatoms. The summed E-state index contributed by atoms with van der Waals surface area (Å²) < 4.78 is 12.4. The third-order valence-electron chi connectivity index (χ3n) is 5.65. The van der Waals surface area contributed by atoms with Crippen LogP contribution in [0.2, 0.25) is 0 Å². The molecule has 0 heterocycles. The highest BCUT2D eigenvalue weighted by Gasteiger charge is 2.30. The third-order valence-corrected chi connectivity index (χ3v) is 5.65. The standard InChI is InChI=1S/C27H31NO3/c1-19(2)28-24-14-13-22-15-25(30-17-20-9-5-3-6-10-20)26(16-23(22)27(24)29)31-18-21-11-7-4-8-12-21/h3-12,15-16,19,24,27-29H,13-14,17-18H2,1-2H3/t24-,27+/m0/s1. The number of nitrogens with one attached hydrogen (secondary N) is 1. The molecule has 0 saturated heterocycles. The fraction of sp³-hybridized carbons (Fsp3) is 0.333. The maximum Gasteiger partial charge on any atom is 0.162 e. The highest BCUT2D eigenvalue weighted by atomic mass is 16.5. The van der Waals surface area contributed by atoms with Gasteiger partial charge in [-0.3, -0.25) is 0 Å². The number of rotatable bonds is 8. The second kappa shape index (κ2) is 9.99. The largest absolute Gasteiger partial charge is 0.485 e. The Hall–Kier alpha value is -2.82. The fourth-order valence-electron chi connectivity index (χ4n) is 4.09. The summed E-state index contributed by atoms with van der Waals surface area (Å²) in [5.41, 5.74) is 4.26. The first-order valence-corrected chi connectivity index (χ1v) is 11.0. The van der Waals surface area contributed by atoms with Gasteiger partial charge in [0.05, 0.1) is 6.10 Å². The summed E-state index contributed by atoms with van der Waals surface area (Å²) in [5, 5.41) is 14.5. The van der Waals surface area contributed by atoms with E-state index in [9.17, 15) is 5.11 Å². The van der Waals surface area contributed by atoms with E-state index in [1.807, 2.05) is 60.7 Å². The zero-order chi connectivity index (χ0) is 21.6. The average molecular weight is 418 g/mol. The van der Waals surface area contributed by atoms with E-state index >= 15 is 0 Å². The molecule has 1 aliphatic rings. The zero-order valence-electron chi connectivity index (χ0n) is 18.3. The van der Waals surface area contributed by atoms with Gasteiger partial charge in [0.15, 0.2) is 11.5 Å². The lowest BCUT2D eigenvalue weighted by atomic mass is 9.85. The van der Waals surface area contributed by atoms with Gasteiger partial charge in [-0.05, 0) is 47.2 Å². The molecule has 3 aromatic carbocycles. The van der Waals surface area contributed by atoms with Gasteiger partial charge in [0.2, 0.25) is 0 Å². The summed E-state index contributed by atoms with van der Waals surface area (Å²) in [6.45, 7) is 5.14. The zero-order valence-corrected chi connectivity index (χ0v) is 18.3. The lowest BCUT2D eigenvalue weighted by Crippen LogP contribution is -2.41. The Balaban J connectivity index is 1.59. The topological polar surface area (TPSA) is 50.7 Å². The van der Waals surface area contributed by atoms with Crippen LogP contribution in [0.4, 0.5) is 0 Å². The molecule has 1 aliphatic carbocycles. The van der Waals surface area contributed by atoms with Crippen molar-refractivity contribution in [3.05, 3.63) is 95.1 Å². The van der Waals surface area contributed by atoms with Crippen molar-refractivity contribution in [2.24, 2.45) is 0 Å². The molecule has 0 spiro atoms. The number of fused-ring (bicyclic) bond motifs is 1. The molecule has 162 valence electrons. The van der Waals surface area contributed by atoms with Crippen LogP contribution >= 0.6 is 0 Å². The highest BCUT2D eigenvalue weighted by Crippen LogP contribution is 2.39. The summed E-state index contributed by atoms with van der Waals surface area (Å²) in [7, 11) is 0. The Kier molecular flexibility index (Phi) is 6.90. The molecule has 2 atom stereocenters. The predicted octanol–water partition coefficient (Wildman–Crippen LogP) is 5.19. The van der Waals surface area contributed by atoms with Gasteiger partial charge in [-0.1, -0.05) is 74.5 Å². The number of aliphatic hydroxyl groups is 1. The number of aryl methyl sites for hydroxylation is 1. The van der Waals surface area contributed by atoms with Crippen LogP contribution in [0.3, 0.4) is 0 Å². The maximum absolute atomic E-state index is 11.0. The first-order valence-electron chi connectivity index (χ1n) is 11.0. The van der Waals surface area contributed by atoms with Crippen LogP contribution in [0.5, 0.6) is 11.5 Å². The van der Waals surface area contributed by atoms with E-state index in [4.69, 9.17) is 9.47 Å². The van der Waals surface area contributed by atoms with E-state index in [0.29, 0.717) is 25.0 Å². The molecule has 0 saturated carbocycles. The minimum atomic E-state index is -0.562. The number of hydrogen-bond donors (Lipinski definition) is 2. The molecule has 0 bridgehead atoms. The van der Waals surface area contributed by atoms with Gasteiger partial charge in [0.25, 0.3) is 0 Å². The van der Waals surface area contributed by atoms with E-state index in [2.05, 4.69) is 31.3 Å². The predicted molar refractivity (Wildman–Crippen MR) is 123 cm³/mol. The molecule has 4 nitrogen and oxygen atoms in total. The Morgan fingerprint density at radius 2 is 1.42 bits per heavy atom. The van der Waals surface area contributed by atoms with Crippen molar-refractivity contribution in [2.75, 3.05) is 0 Å². The van der Waals surface area contributed by atoms with Crippen molar-refractivity contribution in [2.45, 2.75) is 58.1 Å². The van der Waals surface area contributed by atoms with Crippen molar-refractivity contribution in [1.29, 1.82) is 0 Å². The van der Waals surface area contributed by atoms with Crippen LogP contribution in [0, 0.1) is 0 Å². The van der Waals surface area contributed by atoms with Gasteiger partial charge in [-0.15, -0.1) is 0 Å². The molecule has 0 aliphatic heterocycles. The molecule has 31 heavy (non-hydrogen) atoms. The summed E-state index contributed by atoms with van der Waals surface area (Å²) in [6, 6.07) is 24.6. The van der Waals surface area contributed by atoms with E-state index < -0.39 is 6.10 Å². The van der Waals surface area contributed by atoms with E-state index in [0.717, 1.165) is 40.8 Å². The first kappa shape index (κ1) is 21.4. The van der Waals surface area contributed by atoms with Gasteiger partial charge in [-0.25, -0.2) is 0 Å². The van der Waals surface area contributed by atoms with E-state index in [1.165, 1.54) is 0 Å². The summed E-state index contributed by atoms with van der Waals surface area (Å²) >= 11 is 0. The van der Waals surface area contributed by atoms with Crippen molar-refractivity contribution >= 4 is 0 Å². The number of benzene rings is 3. The lowest BCUT2D eigenvalue weighted by molar-refractivity contribution is 0.110. The summed E-state index contributed by atoms with van der Waals surface area (Å²) in [4.78, 5) is 0. The Morgan fingerprint density at radius 3 is 1.97 bits per heavy atom. The number of aliphatic hydroxyl groups excluding tert-OH is 1. The average Bonchev–Trinajstić information content (AvgIpc) is 2.79. The van der Waals surface area contributed by atoms with Gasteiger partial charge in [0.1, 0.15) is 13.2 Å². The van der Waals surface area contributed by atoms with Gasteiger partial charge in [0, 0.05) is 12.1 Å². The molecular formula is C27H31NO3. The lowest BCUT2D eigenvalue weighted by Gasteiger charge is -2.33. The molecule has 0 aromatic heterocycles. The third kappa shape index (κ3) is 5.46. The molecule has 2 N–H and O–H groups in total. The minimum absolute atomic E-state index is 0.0468. The molecular weight excluding hydrogens is 386 g/mol. The van der Waals surface area contributed by atoms with Crippen molar-refractivity contribution in [1.82, 2.24) is 5.32 Å². The SMILES string of the molecule is CC(C)N[C@H]1CCc2cc(OCc3ccccc3)c(OCc3ccccc3)cc2[C@H]1O. The fourth-order valence-corrected chi connectivity index (χ4v) is 4.09. The van der Waals surface area contributed by atoms with Crippen molar-refractivity contribution in [3.63, 3.8) is 0 Å². The second-order valence-electron chi connectivity index (χ2n) is 8.46. The number of ether oxygens (including phenoxy) is 2. The van der Waals surface area contributed by atoms with Crippen LogP contribution < -0.4 is 14.8 Å². The summed E-state index contributed by atoms with van der Waals surface area (Å²) in [6.07, 6.45) is 1.24. The molecule has 0 amide bonds. The van der Waals surface area contributed by atoms with Gasteiger partial charge < -0.3 is 19.9 Å². The van der Waals surface area contributed by atoms with Gasteiger partial charge in [-0.2, -0.15) is 0 Å². The minimum Gasteiger partial charge on any atom is -0.485 e. The molecule has 3 aromatic rings. The molecule has 4 rings (SSSR count). The van der Waals surface area contributed by atoms with Crippen molar-refractivity contribution in [3.8, 4) is 11.5 Å². The first-order chi connectivity index (χ1) is 15.1. The quantitative estimate of drug-likeness (QED) is 0.530. The Labute approximate surface area is 184 Å². The highest BCUT2D eigenvalue weighted by molar-refractivity contribution is 5.50. The molecule has 0 fully saturated rings. The molecule has 0 unspecified atom stereocenters. The van der Waals surface area contributed by atoms with Crippen LogP contribution in [-0.4, -0.2) is 17.2 Å². The number of hydrogen-bond acceptors (Lipinski definition) is 4. The normalized spacial score (nSPS) is 17.9. The van der Waals surface area contributed by atoms with Crippen LogP contribution in [0.1, 0.15) is 48.6 Å².